The van der Waals surface area contributed by atoms with Gasteiger partial charge in [0.25, 0.3) is 11.8 Å². The van der Waals surface area contributed by atoms with Gasteiger partial charge in [0, 0.05) is 12.1 Å². The Bertz CT molecular complexity index is 1440. The third kappa shape index (κ3) is 5.27. The van der Waals surface area contributed by atoms with E-state index in [4.69, 9.17) is 9.26 Å². The van der Waals surface area contributed by atoms with Crippen LogP contribution in [0.5, 0.6) is 0 Å². The number of nitrogens with zero attached hydrogens (tertiary/aromatic N) is 4. The Hall–Kier alpha value is -3.61. The second-order valence-corrected chi connectivity index (χ2v) is 11.6. The molecule has 41 heavy (non-hydrogen) atoms. The van der Waals surface area contributed by atoms with Gasteiger partial charge >= 0.3 is 6.03 Å². The maximum absolute atomic E-state index is 16.1. The van der Waals surface area contributed by atoms with E-state index in [1.807, 2.05) is 0 Å². The number of fused-ring (bicyclic) bond motifs is 1. The molecule has 0 bridgehead atoms. The third-order valence-electron chi connectivity index (χ3n) is 8.60. The number of hydrogen-bond acceptors (Lipinski definition) is 6. The lowest BCUT2D eigenvalue weighted by Crippen LogP contribution is -2.62. The molecule has 4 heterocycles. The average Bonchev–Trinajstić information content (AvgIpc) is 3.57. The Balaban J connectivity index is 1.30. The standard InChI is InChI=1S/C28H33F3N6O4/c1-15-3-5-17(6-4-15)23(34-26(38)19-11-41-35-16(19)2)25-32-20-8-7-18(22(29)24(20)33-25)21-12-40-10-9-37(21)27(39)36-13-28(30,31)14-36/h7-8,11,15,17,21,23H,3-6,9-10,12-14H2,1-2H3,(H,32,33)(H,34,38)/t15-,17-,21?,23-/m0/s1. The van der Waals surface area contributed by atoms with Gasteiger partial charge in [0.2, 0.25) is 0 Å². The molecule has 2 atom stereocenters. The minimum atomic E-state index is -2.90. The van der Waals surface area contributed by atoms with Crippen LogP contribution >= 0.6 is 0 Å². The SMILES string of the molecule is Cc1nocc1C(=O)N[C@H](c1nc2c(F)c(C3COCCN3C(=O)N3CC(F)(F)C3)ccc2[nH]1)[C@H]1CC[C@H](C)CC1. The summed E-state index contributed by atoms with van der Waals surface area (Å²) in [5.74, 6) is -2.75. The van der Waals surface area contributed by atoms with Gasteiger partial charge in [-0.2, -0.15) is 0 Å². The first kappa shape index (κ1) is 27.6. The predicted molar refractivity (Wildman–Crippen MR) is 141 cm³/mol. The first-order chi connectivity index (χ1) is 19.6. The van der Waals surface area contributed by atoms with E-state index < -0.39 is 42.9 Å². The number of hydrogen-bond donors (Lipinski definition) is 2. The molecule has 0 radical (unpaired) electrons. The number of likely N-dealkylation sites (tertiary alicyclic amines) is 1. The summed E-state index contributed by atoms with van der Waals surface area (Å²) in [4.78, 5) is 36.5. The maximum Gasteiger partial charge on any atom is 0.321 e. The number of alkyl halides is 2. The molecule has 1 aliphatic carbocycles. The Morgan fingerprint density at radius 3 is 2.63 bits per heavy atom. The lowest BCUT2D eigenvalue weighted by molar-refractivity contribution is -0.118. The Kier molecular flexibility index (Phi) is 7.16. The van der Waals surface area contributed by atoms with Crippen molar-refractivity contribution in [2.24, 2.45) is 11.8 Å². The molecule has 1 saturated carbocycles. The molecule has 3 aromatic rings. The van der Waals surface area contributed by atoms with Crippen LogP contribution in [-0.2, 0) is 4.74 Å². The summed E-state index contributed by atoms with van der Waals surface area (Å²) in [7, 11) is 0. The molecule has 1 unspecified atom stereocenters. The fraction of sp³-hybridized carbons (Fsp3) is 0.571. The topological polar surface area (TPSA) is 117 Å². The zero-order valence-corrected chi connectivity index (χ0v) is 23.0. The van der Waals surface area contributed by atoms with E-state index in [2.05, 4.69) is 27.4 Å². The lowest BCUT2D eigenvalue weighted by atomic mass is 9.79. The van der Waals surface area contributed by atoms with Crippen molar-refractivity contribution in [3.05, 3.63) is 46.9 Å². The number of rotatable bonds is 5. The van der Waals surface area contributed by atoms with Gasteiger partial charge in [-0.3, -0.25) is 4.79 Å². The normalized spacial score (nSPS) is 25.1. The van der Waals surface area contributed by atoms with Gasteiger partial charge in [0.05, 0.1) is 49.6 Å². The van der Waals surface area contributed by atoms with Crippen LogP contribution in [0.25, 0.3) is 11.0 Å². The average molecular weight is 575 g/mol. The predicted octanol–water partition coefficient (Wildman–Crippen LogP) is 4.74. The van der Waals surface area contributed by atoms with Crippen molar-refractivity contribution in [2.45, 2.75) is 57.5 Å². The summed E-state index contributed by atoms with van der Waals surface area (Å²) in [5, 5.41) is 6.88. The number of aromatic amines is 1. The van der Waals surface area contributed by atoms with Gasteiger partial charge in [-0.1, -0.05) is 31.0 Å². The number of aryl methyl sites for hydroxylation is 1. The van der Waals surface area contributed by atoms with Crippen molar-refractivity contribution in [3.63, 3.8) is 0 Å². The zero-order valence-electron chi connectivity index (χ0n) is 23.0. The summed E-state index contributed by atoms with van der Waals surface area (Å²) in [6.45, 7) is 3.01. The Morgan fingerprint density at radius 2 is 1.95 bits per heavy atom. The van der Waals surface area contributed by atoms with Gasteiger partial charge in [0.15, 0.2) is 5.82 Å². The second-order valence-electron chi connectivity index (χ2n) is 11.6. The molecule has 3 amide bonds. The van der Waals surface area contributed by atoms with Crippen molar-refractivity contribution < 1.29 is 32.0 Å². The summed E-state index contributed by atoms with van der Waals surface area (Å²) in [6, 6.07) is 1.40. The number of H-pyrrole nitrogens is 1. The summed E-state index contributed by atoms with van der Waals surface area (Å²) < 4.78 is 53.5. The van der Waals surface area contributed by atoms with Crippen LogP contribution in [0.2, 0.25) is 0 Å². The molecule has 220 valence electrons. The molecule has 0 spiro atoms. The number of carbonyl (C=O) groups excluding carboxylic acids is 2. The first-order valence-corrected chi connectivity index (χ1v) is 14.0. The minimum Gasteiger partial charge on any atom is -0.377 e. The van der Waals surface area contributed by atoms with Crippen molar-refractivity contribution >= 4 is 23.0 Å². The number of nitrogens with one attached hydrogen (secondary N) is 2. The third-order valence-corrected chi connectivity index (χ3v) is 8.60. The molecule has 3 aliphatic rings. The van der Waals surface area contributed by atoms with E-state index in [0.29, 0.717) is 28.5 Å². The molecule has 1 aromatic carbocycles. The molecule has 2 aromatic heterocycles. The van der Waals surface area contributed by atoms with Crippen LogP contribution in [0.1, 0.15) is 72.1 Å². The zero-order chi connectivity index (χ0) is 28.9. The highest BCUT2D eigenvalue weighted by Gasteiger charge is 2.48. The lowest BCUT2D eigenvalue weighted by Gasteiger charge is -2.44. The number of ether oxygens (including phenoxy) is 1. The number of benzene rings is 1. The van der Waals surface area contributed by atoms with Gasteiger partial charge in [-0.05, 0) is 37.7 Å². The summed E-state index contributed by atoms with van der Waals surface area (Å²) in [6.07, 6.45) is 5.08. The van der Waals surface area contributed by atoms with Crippen molar-refractivity contribution in [2.75, 3.05) is 32.8 Å². The number of amides is 3. The molecule has 10 nitrogen and oxygen atoms in total. The van der Waals surface area contributed by atoms with Gasteiger partial charge in [-0.15, -0.1) is 0 Å². The number of aromatic nitrogens is 3. The van der Waals surface area contributed by atoms with Crippen LogP contribution in [0.4, 0.5) is 18.0 Å². The Labute approximate surface area is 234 Å². The largest absolute Gasteiger partial charge is 0.377 e. The quantitative estimate of drug-likeness (QED) is 0.455. The highest BCUT2D eigenvalue weighted by atomic mass is 19.3. The van der Waals surface area contributed by atoms with Crippen LogP contribution < -0.4 is 5.32 Å². The number of carbonyl (C=O) groups is 2. The van der Waals surface area contributed by atoms with E-state index >= 15 is 4.39 Å². The maximum atomic E-state index is 16.1. The van der Waals surface area contributed by atoms with Crippen molar-refractivity contribution in [3.8, 4) is 0 Å². The first-order valence-electron chi connectivity index (χ1n) is 14.0. The fourth-order valence-electron chi connectivity index (χ4n) is 6.16. The molecule has 13 heteroatoms. The minimum absolute atomic E-state index is 0.0344. The molecule has 2 saturated heterocycles. The number of morpholine rings is 1. The van der Waals surface area contributed by atoms with Crippen LogP contribution in [-0.4, -0.2) is 75.6 Å². The number of halogens is 3. The van der Waals surface area contributed by atoms with E-state index in [-0.39, 0.29) is 42.7 Å². The summed E-state index contributed by atoms with van der Waals surface area (Å²) in [5.41, 5.74) is 1.52. The van der Waals surface area contributed by atoms with Crippen LogP contribution in [0.15, 0.2) is 22.9 Å². The van der Waals surface area contributed by atoms with E-state index in [1.54, 1.807) is 19.1 Å². The molecule has 2 N–H and O–H groups in total. The fourth-order valence-corrected chi connectivity index (χ4v) is 6.16. The van der Waals surface area contributed by atoms with Crippen molar-refractivity contribution in [1.82, 2.24) is 30.2 Å². The number of urea groups is 1. The molecular formula is C28H33F3N6O4. The van der Waals surface area contributed by atoms with Crippen molar-refractivity contribution in [1.29, 1.82) is 0 Å². The van der Waals surface area contributed by atoms with E-state index in [9.17, 15) is 18.4 Å². The molecular weight excluding hydrogens is 541 g/mol. The molecule has 2 aliphatic heterocycles. The molecule has 3 fully saturated rings. The smallest absolute Gasteiger partial charge is 0.321 e. The summed E-state index contributed by atoms with van der Waals surface area (Å²) >= 11 is 0. The van der Waals surface area contributed by atoms with Crippen LogP contribution in [0, 0.1) is 24.6 Å². The highest BCUT2D eigenvalue weighted by molar-refractivity contribution is 5.95. The van der Waals surface area contributed by atoms with Gasteiger partial charge < -0.3 is 29.4 Å². The molecule has 6 rings (SSSR count). The van der Waals surface area contributed by atoms with Gasteiger partial charge in [0.1, 0.15) is 23.2 Å². The van der Waals surface area contributed by atoms with Crippen LogP contribution in [0.3, 0.4) is 0 Å². The highest BCUT2D eigenvalue weighted by Crippen LogP contribution is 2.38. The van der Waals surface area contributed by atoms with E-state index in [1.165, 1.54) is 11.2 Å². The number of imidazole rings is 1. The monoisotopic (exact) mass is 574 g/mol. The van der Waals surface area contributed by atoms with E-state index in [0.717, 1.165) is 30.6 Å². The second kappa shape index (κ2) is 10.7. The van der Waals surface area contributed by atoms with Gasteiger partial charge in [-0.25, -0.2) is 22.9 Å². The Morgan fingerprint density at radius 1 is 1.20 bits per heavy atom.